The highest BCUT2D eigenvalue weighted by molar-refractivity contribution is 7.18. The quantitative estimate of drug-likeness (QED) is 0.665. The predicted molar refractivity (Wildman–Crippen MR) is 117 cm³/mol. The van der Waals surface area contributed by atoms with Crippen LogP contribution in [0.2, 0.25) is 0 Å². The zero-order chi connectivity index (χ0) is 20.1. The molecule has 3 aromatic rings. The van der Waals surface area contributed by atoms with E-state index < -0.39 is 0 Å². The minimum atomic E-state index is 0.0742. The molecule has 0 aliphatic carbocycles. The van der Waals surface area contributed by atoms with Crippen LogP contribution in [0, 0.1) is 0 Å². The van der Waals surface area contributed by atoms with Gasteiger partial charge in [-0.05, 0) is 63.4 Å². The lowest BCUT2D eigenvalue weighted by Crippen LogP contribution is -2.61. The number of nitrogens with one attached hydrogen (secondary N) is 1. The number of phenols is 1. The molecule has 0 unspecified atom stereocenters. The van der Waals surface area contributed by atoms with Crippen LogP contribution in [0.3, 0.4) is 0 Å². The summed E-state index contributed by atoms with van der Waals surface area (Å²) in [6, 6.07) is 12.2. The van der Waals surface area contributed by atoms with Gasteiger partial charge < -0.3 is 15.3 Å². The molecule has 2 heterocycles. The molecule has 0 saturated carbocycles. The van der Waals surface area contributed by atoms with E-state index in [2.05, 4.69) is 55.2 Å². The van der Waals surface area contributed by atoms with Crippen LogP contribution in [0.5, 0.6) is 5.75 Å². The van der Waals surface area contributed by atoms with Crippen LogP contribution in [-0.2, 0) is 0 Å². The summed E-state index contributed by atoms with van der Waals surface area (Å²) in [4.78, 5) is 2.25. The molecular formula is C22H28N4OS. The molecule has 4 rings (SSSR count). The Morgan fingerprint density at radius 2 is 1.64 bits per heavy atom. The second kappa shape index (κ2) is 6.71. The lowest BCUT2D eigenvalue weighted by atomic mass is 9.79. The molecule has 1 saturated heterocycles. The first-order chi connectivity index (χ1) is 13.1. The van der Waals surface area contributed by atoms with Crippen LogP contribution >= 0.6 is 11.3 Å². The summed E-state index contributed by atoms with van der Waals surface area (Å²) in [5.74, 6) is 0.244. The molecule has 0 atom stereocenters. The van der Waals surface area contributed by atoms with Crippen molar-refractivity contribution in [1.29, 1.82) is 0 Å². The van der Waals surface area contributed by atoms with Gasteiger partial charge in [0.2, 0.25) is 5.13 Å². The monoisotopic (exact) mass is 396 g/mol. The summed E-state index contributed by atoms with van der Waals surface area (Å²) in [7, 11) is 2.10. The summed E-state index contributed by atoms with van der Waals surface area (Å²) >= 11 is 1.53. The molecule has 2 N–H and O–H groups in total. The van der Waals surface area contributed by atoms with Crippen molar-refractivity contribution in [2.24, 2.45) is 0 Å². The smallest absolute Gasteiger partial charge is 0.208 e. The molecule has 1 aromatic heterocycles. The van der Waals surface area contributed by atoms with Crippen LogP contribution in [0.15, 0.2) is 36.4 Å². The topological polar surface area (TPSA) is 61.3 Å². The maximum absolute atomic E-state index is 10.5. The maximum Gasteiger partial charge on any atom is 0.208 e. The first-order valence-corrected chi connectivity index (χ1v) is 10.5. The van der Waals surface area contributed by atoms with Crippen LogP contribution in [0.4, 0.5) is 5.13 Å². The number of aromatic hydroxyl groups is 1. The van der Waals surface area contributed by atoms with Gasteiger partial charge in [-0.15, -0.1) is 10.2 Å². The Morgan fingerprint density at radius 3 is 2.29 bits per heavy atom. The van der Waals surface area contributed by atoms with Gasteiger partial charge in [0.25, 0.3) is 0 Å². The highest BCUT2D eigenvalue weighted by atomic mass is 32.1. The minimum Gasteiger partial charge on any atom is -0.507 e. The van der Waals surface area contributed by atoms with E-state index in [1.807, 2.05) is 30.3 Å². The molecule has 1 aliphatic heterocycles. The Kier molecular flexibility index (Phi) is 4.59. The van der Waals surface area contributed by atoms with Gasteiger partial charge in [0.1, 0.15) is 5.75 Å². The van der Waals surface area contributed by atoms with Crippen LogP contribution < -0.4 is 10.2 Å². The number of hydrogen-bond donors (Lipinski definition) is 2. The van der Waals surface area contributed by atoms with Crippen LogP contribution in [0.1, 0.15) is 40.5 Å². The summed E-state index contributed by atoms with van der Waals surface area (Å²) in [5, 5.41) is 26.8. The van der Waals surface area contributed by atoms with Gasteiger partial charge in [-0.25, -0.2) is 0 Å². The van der Waals surface area contributed by atoms with E-state index in [9.17, 15) is 5.11 Å². The predicted octanol–water partition coefficient (Wildman–Crippen LogP) is 4.81. The molecule has 1 fully saturated rings. The molecule has 6 heteroatoms. The van der Waals surface area contributed by atoms with E-state index in [0.29, 0.717) is 6.04 Å². The van der Waals surface area contributed by atoms with Crippen molar-refractivity contribution in [1.82, 2.24) is 15.5 Å². The number of phenolic OH excluding ortho intramolecular Hbond substituents is 1. The third-order valence-corrected chi connectivity index (χ3v) is 6.57. The highest BCUT2D eigenvalue weighted by Crippen LogP contribution is 2.39. The van der Waals surface area contributed by atoms with E-state index in [1.165, 1.54) is 11.3 Å². The number of rotatable bonds is 3. The fourth-order valence-corrected chi connectivity index (χ4v) is 5.47. The third kappa shape index (κ3) is 3.71. The van der Waals surface area contributed by atoms with Gasteiger partial charge in [-0.1, -0.05) is 35.6 Å². The molecule has 0 radical (unpaired) electrons. The molecular weight excluding hydrogens is 368 g/mol. The van der Waals surface area contributed by atoms with Gasteiger partial charge >= 0.3 is 0 Å². The Balaban J connectivity index is 1.63. The summed E-state index contributed by atoms with van der Waals surface area (Å²) in [6.07, 6.45) is 2.09. The number of benzene rings is 2. The first-order valence-electron chi connectivity index (χ1n) is 9.71. The minimum absolute atomic E-state index is 0.0742. The summed E-state index contributed by atoms with van der Waals surface area (Å²) in [6.45, 7) is 9.03. The third-order valence-electron chi connectivity index (χ3n) is 5.53. The number of hydrogen-bond acceptors (Lipinski definition) is 6. The lowest BCUT2D eigenvalue weighted by Gasteiger charge is -2.48. The molecule has 5 nitrogen and oxygen atoms in total. The Morgan fingerprint density at radius 1 is 1.04 bits per heavy atom. The van der Waals surface area contributed by atoms with Crippen molar-refractivity contribution >= 4 is 27.2 Å². The number of piperidine rings is 1. The number of nitrogens with zero attached hydrogens (tertiary/aromatic N) is 3. The van der Waals surface area contributed by atoms with Gasteiger partial charge in [-0.3, -0.25) is 0 Å². The van der Waals surface area contributed by atoms with Crippen LogP contribution in [0.25, 0.3) is 21.3 Å². The Bertz CT molecular complexity index is 995. The molecule has 148 valence electrons. The van der Waals surface area contributed by atoms with Gasteiger partial charge in [0, 0.05) is 24.2 Å². The lowest BCUT2D eigenvalue weighted by molar-refractivity contribution is 0.161. The van der Waals surface area contributed by atoms with Gasteiger partial charge in [0.15, 0.2) is 5.01 Å². The van der Waals surface area contributed by atoms with Crippen molar-refractivity contribution in [3.05, 3.63) is 36.4 Å². The molecule has 2 aromatic carbocycles. The maximum atomic E-state index is 10.5. The van der Waals surface area contributed by atoms with E-state index in [-0.39, 0.29) is 16.8 Å². The average Bonchev–Trinajstić information content (AvgIpc) is 3.07. The number of aromatic nitrogens is 2. The van der Waals surface area contributed by atoms with Crippen molar-refractivity contribution in [2.45, 2.75) is 57.7 Å². The zero-order valence-electron chi connectivity index (χ0n) is 17.2. The highest BCUT2D eigenvalue weighted by Gasteiger charge is 2.39. The van der Waals surface area contributed by atoms with Gasteiger partial charge in [-0.2, -0.15) is 0 Å². The average molecular weight is 397 g/mol. The largest absolute Gasteiger partial charge is 0.507 e. The van der Waals surface area contributed by atoms with E-state index in [4.69, 9.17) is 0 Å². The fourth-order valence-electron chi connectivity index (χ4n) is 4.56. The van der Waals surface area contributed by atoms with Crippen molar-refractivity contribution < 1.29 is 5.11 Å². The van der Waals surface area contributed by atoms with Crippen molar-refractivity contribution in [3.63, 3.8) is 0 Å². The molecule has 1 aliphatic rings. The Hall–Kier alpha value is -2.18. The van der Waals surface area contributed by atoms with Crippen LogP contribution in [-0.4, -0.2) is 39.5 Å². The summed E-state index contributed by atoms with van der Waals surface area (Å²) in [5.41, 5.74) is 0.886. The molecule has 0 amide bonds. The Labute approximate surface area is 170 Å². The second-order valence-electron chi connectivity index (χ2n) is 9.17. The molecule has 0 spiro atoms. The first kappa shape index (κ1) is 19.2. The number of anilines is 1. The van der Waals surface area contributed by atoms with E-state index in [0.717, 1.165) is 39.3 Å². The zero-order valence-corrected chi connectivity index (χ0v) is 18.0. The standard InChI is InChI=1S/C22H28N4OS/c1-21(2)12-16(13-22(3,4)25-21)26(5)20-24-23-19(28-20)17-10-14-8-6-7-9-15(14)11-18(17)27/h6-11,16,25,27H,12-13H2,1-5H3. The second-order valence-corrected chi connectivity index (χ2v) is 10.1. The van der Waals surface area contributed by atoms with Crippen molar-refractivity contribution in [3.8, 4) is 16.3 Å². The summed E-state index contributed by atoms with van der Waals surface area (Å²) < 4.78 is 0. The molecule has 28 heavy (non-hydrogen) atoms. The fraction of sp³-hybridized carbons (Fsp3) is 0.455. The normalized spacial score (nSPS) is 19.0. The van der Waals surface area contributed by atoms with E-state index >= 15 is 0 Å². The van der Waals surface area contributed by atoms with Crippen molar-refractivity contribution in [2.75, 3.05) is 11.9 Å². The molecule has 0 bridgehead atoms. The van der Waals surface area contributed by atoms with Gasteiger partial charge in [0.05, 0.1) is 5.56 Å². The SMILES string of the molecule is CN(c1nnc(-c2cc3ccccc3cc2O)s1)C1CC(C)(C)NC(C)(C)C1. The number of fused-ring (bicyclic) bond motifs is 1. The van der Waals surface area contributed by atoms with E-state index in [1.54, 1.807) is 6.07 Å².